The van der Waals surface area contributed by atoms with Crippen LogP contribution in [0.1, 0.15) is 20.3 Å². The monoisotopic (exact) mass is 160 g/mol. The number of hydrogen-bond donors (Lipinski definition) is 1. The van der Waals surface area contributed by atoms with Crippen molar-refractivity contribution in [2.45, 2.75) is 32.7 Å². The van der Waals surface area contributed by atoms with E-state index in [1.165, 1.54) is 6.26 Å². The molecule has 66 valence electrons. The number of hydrogen-bond acceptors (Lipinski definition) is 3. The lowest BCUT2D eigenvalue weighted by molar-refractivity contribution is -0.146. The Morgan fingerprint density at radius 2 is 2.27 bits per heavy atom. The number of ether oxygens (including phenoxy) is 2. The molecule has 0 amide bonds. The van der Waals surface area contributed by atoms with E-state index in [1.807, 2.05) is 6.92 Å². The summed E-state index contributed by atoms with van der Waals surface area (Å²) in [6.07, 6.45) is 1.63. The van der Waals surface area contributed by atoms with Gasteiger partial charge in [0.1, 0.15) is 0 Å². The Hall–Kier alpha value is -0.540. The number of aliphatic hydroxyl groups excluding tert-OH is 1. The van der Waals surface area contributed by atoms with Crippen molar-refractivity contribution >= 4 is 0 Å². The molecule has 0 saturated carbocycles. The van der Waals surface area contributed by atoms with Crippen LogP contribution in [0.15, 0.2) is 12.8 Å². The van der Waals surface area contributed by atoms with E-state index in [9.17, 15) is 0 Å². The zero-order valence-corrected chi connectivity index (χ0v) is 7.12. The van der Waals surface area contributed by atoms with Gasteiger partial charge in [0.15, 0.2) is 6.29 Å². The maximum atomic E-state index is 8.64. The van der Waals surface area contributed by atoms with Crippen molar-refractivity contribution in [3.05, 3.63) is 12.8 Å². The Labute approximate surface area is 67.6 Å². The molecule has 3 nitrogen and oxygen atoms in total. The molecule has 0 rings (SSSR count). The standard InChI is InChI=1S/C8H16O3/c1-4-8(10-5-2)11-7(3)6-9/h5,7-9H,2,4,6H2,1,3H3. The molecule has 0 aliphatic rings. The van der Waals surface area contributed by atoms with Crippen molar-refractivity contribution in [1.29, 1.82) is 0 Å². The zero-order chi connectivity index (χ0) is 8.69. The first-order valence-corrected chi connectivity index (χ1v) is 3.77. The predicted octanol–water partition coefficient (Wildman–Crippen LogP) is 1.28. The van der Waals surface area contributed by atoms with Crippen molar-refractivity contribution in [2.75, 3.05) is 6.61 Å². The first-order chi connectivity index (χ1) is 5.24. The van der Waals surface area contributed by atoms with E-state index in [-0.39, 0.29) is 19.0 Å². The molecule has 0 aromatic rings. The lowest BCUT2D eigenvalue weighted by Crippen LogP contribution is -2.23. The molecule has 0 fully saturated rings. The van der Waals surface area contributed by atoms with E-state index in [2.05, 4.69) is 6.58 Å². The minimum Gasteiger partial charge on any atom is -0.473 e. The topological polar surface area (TPSA) is 38.7 Å². The molecule has 2 unspecified atom stereocenters. The van der Waals surface area contributed by atoms with Gasteiger partial charge in [0.25, 0.3) is 0 Å². The highest BCUT2D eigenvalue weighted by Gasteiger charge is 2.09. The molecule has 0 aromatic heterocycles. The van der Waals surface area contributed by atoms with Gasteiger partial charge in [-0.1, -0.05) is 13.5 Å². The van der Waals surface area contributed by atoms with Gasteiger partial charge < -0.3 is 14.6 Å². The molecule has 0 saturated heterocycles. The first-order valence-electron chi connectivity index (χ1n) is 3.77. The van der Waals surface area contributed by atoms with Crippen molar-refractivity contribution in [3.8, 4) is 0 Å². The van der Waals surface area contributed by atoms with Gasteiger partial charge >= 0.3 is 0 Å². The van der Waals surface area contributed by atoms with E-state index in [1.54, 1.807) is 6.92 Å². The fraction of sp³-hybridized carbons (Fsp3) is 0.750. The van der Waals surface area contributed by atoms with E-state index in [0.29, 0.717) is 0 Å². The minimum atomic E-state index is -0.283. The van der Waals surface area contributed by atoms with Crippen molar-refractivity contribution < 1.29 is 14.6 Å². The van der Waals surface area contributed by atoms with Crippen LogP contribution in [0.5, 0.6) is 0 Å². The summed E-state index contributed by atoms with van der Waals surface area (Å²) in [7, 11) is 0. The van der Waals surface area contributed by atoms with Crippen LogP contribution in [0.25, 0.3) is 0 Å². The maximum Gasteiger partial charge on any atom is 0.198 e. The summed E-state index contributed by atoms with van der Waals surface area (Å²) in [5.74, 6) is 0. The molecule has 0 aliphatic heterocycles. The summed E-state index contributed by atoms with van der Waals surface area (Å²) in [6.45, 7) is 7.16. The fourth-order valence-electron chi connectivity index (χ4n) is 0.634. The van der Waals surface area contributed by atoms with Gasteiger partial charge in [0, 0.05) is 6.42 Å². The van der Waals surface area contributed by atoms with Crippen LogP contribution >= 0.6 is 0 Å². The minimum absolute atomic E-state index is 0.0109. The molecule has 0 aromatic carbocycles. The summed E-state index contributed by atoms with van der Waals surface area (Å²) in [5.41, 5.74) is 0. The van der Waals surface area contributed by atoms with Gasteiger partial charge in [-0.15, -0.1) is 0 Å². The average Bonchev–Trinajstić information content (AvgIpc) is 2.03. The van der Waals surface area contributed by atoms with Crippen LogP contribution in [0, 0.1) is 0 Å². The normalized spacial score (nSPS) is 15.5. The fourth-order valence-corrected chi connectivity index (χ4v) is 0.634. The molecular weight excluding hydrogens is 144 g/mol. The summed E-state index contributed by atoms with van der Waals surface area (Å²) in [5, 5.41) is 8.64. The highest BCUT2D eigenvalue weighted by atomic mass is 16.7. The Morgan fingerprint density at radius 1 is 1.64 bits per heavy atom. The van der Waals surface area contributed by atoms with Crippen molar-refractivity contribution in [2.24, 2.45) is 0 Å². The molecular formula is C8H16O3. The second-order valence-corrected chi connectivity index (χ2v) is 2.27. The smallest absolute Gasteiger partial charge is 0.198 e. The average molecular weight is 160 g/mol. The van der Waals surface area contributed by atoms with Crippen LogP contribution in [0.4, 0.5) is 0 Å². The van der Waals surface area contributed by atoms with Crippen molar-refractivity contribution in [3.63, 3.8) is 0 Å². The Morgan fingerprint density at radius 3 is 2.64 bits per heavy atom. The van der Waals surface area contributed by atoms with E-state index >= 15 is 0 Å². The van der Waals surface area contributed by atoms with Crippen LogP contribution in [0.3, 0.4) is 0 Å². The third-order valence-electron chi connectivity index (χ3n) is 1.22. The maximum absolute atomic E-state index is 8.64. The van der Waals surface area contributed by atoms with Crippen LogP contribution in [0.2, 0.25) is 0 Å². The van der Waals surface area contributed by atoms with Crippen LogP contribution < -0.4 is 0 Å². The highest BCUT2D eigenvalue weighted by molar-refractivity contribution is 4.54. The van der Waals surface area contributed by atoms with Gasteiger partial charge in [0.05, 0.1) is 19.0 Å². The largest absolute Gasteiger partial charge is 0.473 e. The molecule has 0 bridgehead atoms. The summed E-state index contributed by atoms with van der Waals surface area (Å²) >= 11 is 0. The number of aliphatic hydroxyl groups is 1. The van der Waals surface area contributed by atoms with Gasteiger partial charge in [-0.2, -0.15) is 0 Å². The van der Waals surface area contributed by atoms with Crippen LogP contribution in [-0.4, -0.2) is 24.1 Å². The Balaban J connectivity index is 3.57. The predicted molar refractivity (Wildman–Crippen MR) is 43.0 cm³/mol. The molecule has 0 aliphatic carbocycles. The molecule has 0 spiro atoms. The quantitative estimate of drug-likeness (QED) is 0.470. The molecule has 3 heteroatoms. The zero-order valence-electron chi connectivity index (χ0n) is 7.12. The van der Waals surface area contributed by atoms with E-state index < -0.39 is 0 Å². The highest BCUT2D eigenvalue weighted by Crippen LogP contribution is 2.03. The first kappa shape index (κ1) is 10.5. The number of rotatable bonds is 6. The van der Waals surface area contributed by atoms with Crippen LogP contribution in [-0.2, 0) is 9.47 Å². The van der Waals surface area contributed by atoms with Crippen molar-refractivity contribution in [1.82, 2.24) is 0 Å². The van der Waals surface area contributed by atoms with Gasteiger partial charge in [-0.25, -0.2) is 0 Å². The van der Waals surface area contributed by atoms with E-state index in [4.69, 9.17) is 14.6 Å². The lowest BCUT2D eigenvalue weighted by Gasteiger charge is -2.18. The summed E-state index contributed by atoms with van der Waals surface area (Å²) in [4.78, 5) is 0. The third-order valence-corrected chi connectivity index (χ3v) is 1.22. The molecule has 1 N–H and O–H groups in total. The second kappa shape index (κ2) is 6.19. The van der Waals surface area contributed by atoms with E-state index in [0.717, 1.165) is 6.42 Å². The molecule has 0 radical (unpaired) electrons. The SMILES string of the molecule is C=COC(CC)OC(C)CO. The van der Waals surface area contributed by atoms with Gasteiger partial charge in [0.2, 0.25) is 0 Å². The summed E-state index contributed by atoms with van der Waals surface area (Å²) < 4.78 is 10.2. The Bertz CT molecular complexity index is 104. The molecule has 0 heterocycles. The summed E-state index contributed by atoms with van der Waals surface area (Å²) in [6, 6.07) is 0. The Kier molecular flexibility index (Phi) is 5.88. The second-order valence-electron chi connectivity index (χ2n) is 2.27. The third kappa shape index (κ3) is 4.81. The molecule has 2 atom stereocenters. The lowest BCUT2D eigenvalue weighted by atomic mass is 10.4. The van der Waals surface area contributed by atoms with Gasteiger partial charge in [-0.3, -0.25) is 0 Å². The molecule has 11 heavy (non-hydrogen) atoms. The van der Waals surface area contributed by atoms with Gasteiger partial charge in [-0.05, 0) is 6.92 Å².